The van der Waals surface area contributed by atoms with Crippen LogP contribution in [0, 0.1) is 16.7 Å². The lowest BCUT2D eigenvalue weighted by atomic mass is 9.80. The summed E-state index contributed by atoms with van der Waals surface area (Å²) in [5, 5.41) is 16.6. The molecule has 0 aliphatic carbocycles. The quantitative estimate of drug-likeness (QED) is 0.633. The number of hydrogen-bond acceptors (Lipinski definition) is 8. The Bertz CT molecular complexity index is 1020. The van der Waals surface area contributed by atoms with E-state index in [1.807, 2.05) is 0 Å². The molecular formula is C18H21N9. The highest BCUT2D eigenvalue weighted by Gasteiger charge is 2.29. The molecule has 0 bridgehead atoms. The molecule has 0 unspecified atom stereocenters. The van der Waals surface area contributed by atoms with Gasteiger partial charge in [-0.1, -0.05) is 6.92 Å². The van der Waals surface area contributed by atoms with Gasteiger partial charge < -0.3 is 16.4 Å². The zero-order chi connectivity index (χ0) is 19.0. The summed E-state index contributed by atoms with van der Waals surface area (Å²) in [5.41, 5.74) is 14.5. The third kappa shape index (κ3) is 2.94. The van der Waals surface area contributed by atoms with Gasteiger partial charge >= 0.3 is 0 Å². The van der Waals surface area contributed by atoms with E-state index in [0.717, 1.165) is 31.7 Å². The molecule has 0 saturated carbocycles. The van der Waals surface area contributed by atoms with E-state index in [-0.39, 0.29) is 16.8 Å². The van der Waals surface area contributed by atoms with Crippen molar-refractivity contribution in [3.63, 3.8) is 0 Å². The molecule has 0 atom stereocenters. The van der Waals surface area contributed by atoms with Gasteiger partial charge in [0.05, 0.1) is 6.20 Å². The monoisotopic (exact) mass is 363 g/mol. The maximum atomic E-state index is 9.39. The topological polar surface area (TPSA) is 146 Å². The zero-order valence-corrected chi connectivity index (χ0v) is 15.1. The first kappa shape index (κ1) is 17.2. The van der Waals surface area contributed by atoms with E-state index in [4.69, 9.17) is 11.5 Å². The highest BCUT2D eigenvalue weighted by molar-refractivity contribution is 5.90. The van der Waals surface area contributed by atoms with E-state index < -0.39 is 0 Å². The summed E-state index contributed by atoms with van der Waals surface area (Å²) >= 11 is 0. The fourth-order valence-corrected chi connectivity index (χ4v) is 3.41. The van der Waals surface area contributed by atoms with Gasteiger partial charge in [0.2, 0.25) is 0 Å². The van der Waals surface area contributed by atoms with E-state index in [2.05, 4.69) is 43.0 Å². The smallest absolute Gasteiger partial charge is 0.177 e. The molecule has 1 fully saturated rings. The highest BCUT2D eigenvalue weighted by Crippen LogP contribution is 2.33. The van der Waals surface area contributed by atoms with Gasteiger partial charge in [-0.3, -0.25) is 5.10 Å². The van der Waals surface area contributed by atoms with Crippen molar-refractivity contribution in [1.29, 1.82) is 5.26 Å². The van der Waals surface area contributed by atoms with Gasteiger partial charge in [-0.05, 0) is 30.9 Å². The molecule has 0 amide bonds. The maximum Gasteiger partial charge on any atom is 0.177 e. The second-order valence-corrected chi connectivity index (χ2v) is 7.23. The largest absolute Gasteiger partial charge is 0.383 e. The second kappa shape index (κ2) is 6.48. The van der Waals surface area contributed by atoms with E-state index in [1.54, 1.807) is 18.5 Å². The first-order valence-electron chi connectivity index (χ1n) is 8.86. The van der Waals surface area contributed by atoms with Crippen molar-refractivity contribution < 1.29 is 0 Å². The number of nitrogen functional groups attached to an aromatic ring is 1. The zero-order valence-electron chi connectivity index (χ0n) is 15.1. The van der Waals surface area contributed by atoms with Gasteiger partial charge in [0, 0.05) is 24.8 Å². The first-order chi connectivity index (χ1) is 13.0. The van der Waals surface area contributed by atoms with Crippen LogP contribution < -0.4 is 16.4 Å². The average molecular weight is 363 g/mol. The average Bonchev–Trinajstić information content (AvgIpc) is 3.11. The van der Waals surface area contributed by atoms with Crippen molar-refractivity contribution >= 4 is 22.8 Å². The summed E-state index contributed by atoms with van der Waals surface area (Å²) in [6.07, 6.45) is 5.36. The summed E-state index contributed by atoms with van der Waals surface area (Å²) in [6.45, 7) is 4.72. The number of hydrogen-bond donors (Lipinski definition) is 3. The van der Waals surface area contributed by atoms with Gasteiger partial charge in [-0.2, -0.15) is 10.4 Å². The summed E-state index contributed by atoms with van der Waals surface area (Å²) in [6, 6.07) is 3.79. The Morgan fingerprint density at radius 2 is 2.11 bits per heavy atom. The molecule has 0 aromatic carbocycles. The lowest BCUT2D eigenvalue weighted by Crippen LogP contribution is -2.42. The molecule has 138 valence electrons. The number of H-pyrrole nitrogens is 1. The molecule has 3 aromatic rings. The van der Waals surface area contributed by atoms with Crippen LogP contribution in [0.2, 0.25) is 0 Å². The lowest BCUT2D eigenvalue weighted by Gasteiger charge is -2.39. The SMILES string of the molecule is CC1(CN)CCN(c2cnc3c(-c4ccnc(N)c4C#N)n[nH]c3n2)CC1. The molecule has 1 aliphatic rings. The molecule has 4 heterocycles. The van der Waals surface area contributed by atoms with Gasteiger partial charge in [0.15, 0.2) is 5.65 Å². The lowest BCUT2D eigenvalue weighted by molar-refractivity contribution is 0.258. The van der Waals surface area contributed by atoms with Crippen molar-refractivity contribution in [1.82, 2.24) is 25.1 Å². The van der Waals surface area contributed by atoms with Crippen LogP contribution in [0.1, 0.15) is 25.3 Å². The van der Waals surface area contributed by atoms with E-state index in [9.17, 15) is 5.26 Å². The van der Waals surface area contributed by atoms with Gasteiger partial charge in [0.25, 0.3) is 0 Å². The van der Waals surface area contributed by atoms with E-state index >= 15 is 0 Å². The van der Waals surface area contributed by atoms with Crippen molar-refractivity contribution in [3.8, 4) is 17.3 Å². The summed E-state index contributed by atoms with van der Waals surface area (Å²) < 4.78 is 0. The molecule has 4 rings (SSSR count). The Morgan fingerprint density at radius 3 is 2.81 bits per heavy atom. The number of fused-ring (bicyclic) bond motifs is 1. The number of piperidine rings is 1. The fourth-order valence-electron chi connectivity index (χ4n) is 3.41. The summed E-state index contributed by atoms with van der Waals surface area (Å²) in [4.78, 5) is 15.4. The third-order valence-corrected chi connectivity index (χ3v) is 5.39. The van der Waals surface area contributed by atoms with Crippen molar-refractivity contribution in [2.24, 2.45) is 11.1 Å². The standard InChI is InChI=1S/C18H21N9/c1-18(10-20)3-6-27(7-4-18)13-9-23-15-14(25-26-17(15)24-13)11-2-5-22-16(21)12(11)8-19/h2,5,9H,3-4,6-7,10,20H2,1H3,(H2,21,22)(H,24,25,26). The van der Waals surface area contributed by atoms with Crippen LogP contribution in [0.5, 0.6) is 0 Å². The van der Waals surface area contributed by atoms with Crippen molar-refractivity contribution in [2.45, 2.75) is 19.8 Å². The van der Waals surface area contributed by atoms with Crippen LogP contribution in [0.4, 0.5) is 11.6 Å². The molecule has 1 saturated heterocycles. The van der Waals surface area contributed by atoms with Gasteiger partial charge in [-0.15, -0.1) is 0 Å². The highest BCUT2D eigenvalue weighted by atomic mass is 15.2. The Labute approximate surface area is 156 Å². The van der Waals surface area contributed by atoms with Gasteiger partial charge in [-0.25, -0.2) is 15.0 Å². The Balaban J connectivity index is 1.68. The molecule has 3 aromatic heterocycles. The predicted octanol–water partition coefficient (Wildman–Crippen LogP) is 1.43. The first-order valence-corrected chi connectivity index (χ1v) is 8.86. The number of aromatic nitrogens is 5. The number of aromatic amines is 1. The Morgan fingerprint density at radius 1 is 1.33 bits per heavy atom. The van der Waals surface area contributed by atoms with Crippen LogP contribution in [0.25, 0.3) is 22.4 Å². The minimum atomic E-state index is 0.173. The number of nitrogens with two attached hydrogens (primary N) is 2. The molecule has 27 heavy (non-hydrogen) atoms. The number of nitriles is 1. The Hall–Kier alpha value is -3.25. The second-order valence-electron chi connectivity index (χ2n) is 7.23. The molecule has 9 nitrogen and oxygen atoms in total. The van der Waals surface area contributed by atoms with Gasteiger partial charge in [0.1, 0.15) is 34.5 Å². The summed E-state index contributed by atoms with van der Waals surface area (Å²) in [5.74, 6) is 0.985. The molecular weight excluding hydrogens is 342 g/mol. The minimum absolute atomic E-state index is 0.173. The van der Waals surface area contributed by atoms with E-state index in [1.165, 1.54) is 0 Å². The number of nitrogens with zero attached hydrogens (tertiary/aromatic N) is 6. The van der Waals surface area contributed by atoms with Crippen molar-refractivity contribution in [3.05, 3.63) is 24.0 Å². The van der Waals surface area contributed by atoms with Crippen molar-refractivity contribution in [2.75, 3.05) is 30.3 Å². The van der Waals surface area contributed by atoms with Crippen LogP contribution in [-0.2, 0) is 0 Å². The predicted molar refractivity (Wildman–Crippen MR) is 103 cm³/mol. The number of rotatable bonds is 3. The minimum Gasteiger partial charge on any atom is -0.383 e. The fraction of sp³-hybridized carbons (Fsp3) is 0.389. The third-order valence-electron chi connectivity index (χ3n) is 5.39. The molecule has 0 spiro atoms. The molecule has 0 radical (unpaired) electrons. The van der Waals surface area contributed by atoms with Crippen LogP contribution in [-0.4, -0.2) is 44.8 Å². The van der Waals surface area contributed by atoms with Crippen LogP contribution in [0.3, 0.4) is 0 Å². The normalized spacial score (nSPS) is 16.4. The van der Waals surface area contributed by atoms with Crippen LogP contribution in [0.15, 0.2) is 18.5 Å². The molecule has 5 N–H and O–H groups in total. The number of nitrogens with one attached hydrogen (secondary N) is 1. The molecule has 1 aliphatic heterocycles. The maximum absolute atomic E-state index is 9.39. The Kier molecular flexibility index (Phi) is 4.12. The van der Waals surface area contributed by atoms with Crippen LogP contribution >= 0.6 is 0 Å². The number of pyridine rings is 1. The van der Waals surface area contributed by atoms with E-state index in [0.29, 0.717) is 29.0 Å². The molecule has 9 heteroatoms. The number of anilines is 2. The summed E-state index contributed by atoms with van der Waals surface area (Å²) in [7, 11) is 0.